The molecule has 1 rings (SSSR count). The van der Waals surface area contributed by atoms with Crippen LogP contribution in [0.4, 0.5) is 0 Å². The predicted octanol–water partition coefficient (Wildman–Crippen LogP) is 2.64. The maximum absolute atomic E-state index is 13.3. The van der Waals surface area contributed by atoms with E-state index < -0.39 is 7.52 Å². The van der Waals surface area contributed by atoms with E-state index in [-0.39, 0.29) is 5.41 Å². The normalized spacial score (nSPS) is 23.4. The molecule has 0 amide bonds. The molecular weight excluding hydrogens is 345 g/mol. The fourth-order valence-corrected chi connectivity index (χ4v) is 4.29. The molecule has 1 atom stereocenters. The molecule has 1 aliphatic rings. The van der Waals surface area contributed by atoms with Crippen LogP contribution < -0.4 is 0 Å². The van der Waals surface area contributed by atoms with E-state index in [4.69, 9.17) is 23.5 Å². The average Bonchev–Trinajstić information content (AvgIpc) is 2.58. The third-order valence-corrected chi connectivity index (χ3v) is 6.23. The summed E-state index contributed by atoms with van der Waals surface area (Å²) in [5, 5.41) is 0. The van der Waals surface area contributed by atoms with Crippen LogP contribution in [0.2, 0.25) is 0 Å². The van der Waals surface area contributed by atoms with Crippen molar-refractivity contribution in [1.29, 1.82) is 0 Å². The highest BCUT2D eigenvalue weighted by Crippen LogP contribution is 2.51. The van der Waals surface area contributed by atoms with Crippen molar-refractivity contribution in [1.82, 2.24) is 4.67 Å². The molecule has 1 unspecified atom stereocenters. The monoisotopic (exact) mass is 381 g/mol. The van der Waals surface area contributed by atoms with E-state index in [1.54, 1.807) is 0 Å². The van der Waals surface area contributed by atoms with E-state index in [9.17, 15) is 4.57 Å². The van der Waals surface area contributed by atoms with Crippen molar-refractivity contribution in [2.75, 3.05) is 78.7 Å². The van der Waals surface area contributed by atoms with Gasteiger partial charge in [0.15, 0.2) is 0 Å². The second-order valence-corrected chi connectivity index (χ2v) is 9.92. The minimum atomic E-state index is -2.89. The third kappa shape index (κ3) is 10.7. The average molecular weight is 381 g/mol. The van der Waals surface area contributed by atoms with Crippen LogP contribution in [0, 0.1) is 5.41 Å². The summed E-state index contributed by atoms with van der Waals surface area (Å²) in [6.45, 7) is 13.9. The van der Waals surface area contributed by atoms with E-state index in [2.05, 4.69) is 20.8 Å². The van der Waals surface area contributed by atoms with Crippen LogP contribution in [0.3, 0.4) is 0 Å². The Bertz CT molecular complexity index is 372. The molecule has 8 heteroatoms. The van der Waals surface area contributed by atoms with Gasteiger partial charge in [-0.2, -0.15) is 0 Å². The number of hydrogen-bond acceptors (Lipinski definition) is 6. The molecule has 0 aromatic heterocycles. The molecule has 1 heterocycles. The first-order valence-electron chi connectivity index (χ1n) is 9.17. The standard InChI is InChI=1S/C17H36NO6P/c1-5-25(19,24-16-17(2,3)4)18-6-8-20-10-12-22-14-15-23-13-11-21-9-7-18/h5-16H2,1-4H3. The highest BCUT2D eigenvalue weighted by molar-refractivity contribution is 7.56. The lowest BCUT2D eigenvalue weighted by molar-refractivity contribution is 0.00206. The van der Waals surface area contributed by atoms with E-state index in [1.165, 1.54) is 0 Å². The highest BCUT2D eigenvalue weighted by atomic mass is 31.2. The SMILES string of the molecule is CCP(=O)(OCC(C)(C)C)N1CCOCCOCCOCCOCC1. The fourth-order valence-electron chi connectivity index (χ4n) is 2.19. The molecule has 0 saturated carbocycles. The molecule has 0 radical (unpaired) electrons. The summed E-state index contributed by atoms with van der Waals surface area (Å²) in [6.07, 6.45) is 0.468. The largest absolute Gasteiger partial charge is 0.378 e. The number of nitrogens with zero attached hydrogens (tertiary/aromatic N) is 1. The van der Waals surface area contributed by atoms with Gasteiger partial charge in [-0.25, -0.2) is 4.67 Å². The molecule has 0 aliphatic carbocycles. The van der Waals surface area contributed by atoms with Crippen molar-refractivity contribution in [2.45, 2.75) is 27.7 Å². The van der Waals surface area contributed by atoms with Crippen LogP contribution in [0.1, 0.15) is 27.7 Å². The third-order valence-electron chi connectivity index (χ3n) is 3.63. The van der Waals surface area contributed by atoms with Crippen molar-refractivity contribution in [2.24, 2.45) is 5.41 Å². The van der Waals surface area contributed by atoms with Gasteiger partial charge in [0.1, 0.15) is 0 Å². The van der Waals surface area contributed by atoms with Crippen molar-refractivity contribution < 1.29 is 28.0 Å². The zero-order valence-electron chi connectivity index (χ0n) is 16.3. The van der Waals surface area contributed by atoms with Crippen LogP contribution in [0.5, 0.6) is 0 Å². The van der Waals surface area contributed by atoms with E-state index >= 15 is 0 Å². The Morgan fingerprint density at radius 3 is 1.60 bits per heavy atom. The Hall–Kier alpha value is -0.0100. The quantitative estimate of drug-likeness (QED) is 0.694. The molecule has 0 N–H and O–H groups in total. The van der Waals surface area contributed by atoms with Gasteiger partial charge < -0.3 is 23.5 Å². The minimum absolute atomic E-state index is 0.0343. The van der Waals surface area contributed by atoms with Crippen molar-refractivity contribution >= 4 is 7.52 Å². The van der Waals surface area contributed by atoms with E-state index in [0.29, 0.717) is 78.7 Å². The number of hydrogen-bond donors (Lipinski definition) is 0. The van der Waals surface area contributed by atoms with Crippen molar-refractivity contribution in [3.63, 3.8) is 0 Å². The molecule has 1 fully saturated rings. The predicted molar refractivity (Wildman–Crippen MR) is 98.4 cm³/mol. The van der Waals surface area contributed by atoms with Gasteiger partial charge in [0.25, 0.3) is 7.52 Å². The van der Waals surface area contributed by atoms with Crippen LogP contribution in [-0.2, 0) is 28.0 Å². The summed E-state index contributed by atoms with van der Waals surface area (Å²) in [5.74, 6) is 0. The van der Waals surface area contributed by atoms with Crippen LogP contribution in [0.25, 0.3) is 0 Å². The second-order valence-electron chi connectivity index (χ2n) is 7.19. The Labute approximate surface area is 152 Å². The zero-order valence-corrected chi connectivity index (χ0v) is 17.2. The first-order chi connectivity index (χ1) is 11.9. The summed E-state index contributed by atoms with van der Waals surface area (Å²) >= 11 is 0. The van der Waals surface area contributed by atoms with Gasteiger partial charge in [-0.05, 0) is 5.41 Å². The van der Waals surface area contributed by atoms with Gasteiger partial charge in [0.2, 0.25) is 0 Å². The molecule has 1 aliphatic heterocycles. The number of rotatable bonds is 4. The lowest BCUT2D eigenvalue weighted by Gasteiger charge is -2.32. The molecule has 0 bridgehead atoms. The molecule has 1 saturated heterocycles. The van der Waals surface area contributed by atoms with Crippen LogP contribution >= 0.6 is 7.52 Å². The highest BCUT2D eigenvalue weighted by Gasteiger charge is 2.31. The van der Waals surface area contributed by atoms with Gasteiger partial charge >= 0.3 is 0 Å². The molecule has 25 heavy (non-hydrogen) atoms. The lowest BCUT2D eigenvalue weighted by Crippen LogP contribution is -2.31. The smallest absolute Gasteiger partial charge is 0.272 e. The first-order valence-corrected chi connectivity index (χ1v) is 10.9. The van der Waals surface area contributed by atoms with Gasteiger partial charge in [-0.1, -0.05) is 27.7 Å². The van der Waals surface area contributed by atoms with Crippen molar-refractivity contribution in [3.05, 3.63) is 0 Å². The summed E-state index contributed by atoms with van der Waals surface area (Å²) in [7, 11) is -2.89. The van der Waals surface area contributed by atoms with Gasteiger partial charge in [-0.3, -0.25) is 4.57 Å². The zero-order chi connectivity index (χ0) is 18.6. The molecule has 7 nitrogen and oxygen atoms in total. The van der Waals surface area contributed by atoms with E-state index in [1.807, 2.05) is 11.6 Å². The Morgan fingerprint density at radius 2 is 1.24 bits per heavy atom. The minimum Gasteiger partial charge on any atom is -0.378 e. The Morgan fingerprint density at radius 1 is 0.840 bits per heavy atom. The van der Waals surface area contributed by atoms with Crippen LogP contribution in [0.15, 0.2) is 0 Å². The lowest BCUT2D eigenvalue weighted by atomic mass is 9.99. The molecule has 150 valence electrons. The van der Waals surface area contributed by atoms with Crippen molar-refractivity contribution in [3.8, 4) is 0 Å². The molecular formula is C17H36NO6P. The topological polar surface area (TPSA) is 66.5 Å². The van der Waals surface area contributed by atoms with Gasteiger partial charge in [0, 0.05) is 19.3 Å². The first kappa shape index (κ1) is 23.0. The molecule has 0 aromatic rings. The Balaban J connectivity index is 2.63. The maximum atomic E-state index is 13.3. The molecule has 0 spiro atoms. The van der Waals surface area contributed by atoms with E-state index in [0.717, 1.165) is 0 Å². The second kappa shape index (κ2) is 12.4. The molecule has 0 aromatic carbocycles. The fraction of sp³-hybridized carbons (Fsp3) is 1.00. The summed E-state index contributed by atoms with van der Waals surface area (Å²) in [4.78, 5) is 0. The Kier molecular flexibility index (Phi) is 11.4. The van der Waals surface area contributed by atoms with Crippen LogP contribution in [-0.4, -0.2) is 83.4 Å². The van der Waals surface area contributed by atoms with Gasteiger partial charge in [0.05, 0.1) is 59.5 Å². The number of ether oxygens (including phenoxy) is 4. The maximum Gasteiger partial charge on any atom is 0.272 e. The summed E-state index contributed by atoms with van der Waals surface area (Å²) in [6, 6.07) is 0. The summed E-state index contributed by atoms with van der Waals surface area (Å²) < 4.78 is 43.1. The van der Waals surface area contributed by atoms with Gasteiger partial charge in [-0.15, -0.1) is 0 Å². The summed E-state index contributed by atoms with van der Waals surface area (Å²) in [5.41, 5.74) is -0.0343.